The molecule has 0 unspecified atom stereocenters. The van der Waals surface area contributed by atoms with Gasteiger partial charge in [-0.2, -0.15) is 9.97 Å². The van der Waals surface area contributed by atoms with Crippen molar-refractivity contribution >= 4 is 5.69 Å². The molecular weight excluding hydrogens is 270 g/mol. The molecule has 0 saturated heterocycles. The quantitative estimate of drug-likeness (QED) is 0.880. The van der Waals surface area contributed by atoms with E-state index in [9.17, 15) is 0 Å². The second-order valence-corrected chi connectivity index (χ2v) is 4.57. The Morgan fingerprint density at radius 2 is 1.86 bits per heavy atom. The van der Waals surface area contributed by atoms with E-state index in [-0.39, 0.29) is 17.7 Å². The van der Waals surface area contributed by atoms with Crippen LogP contribution in [0.15, 0.2) is 30.6 Å². The van der Waals surface area contributed by atoms with E-state index in [0.29, 0.717) is 18.2 Å². The van der Waals surface area contributed by atoms with Crippen LogP contribution in [0.25, 0.3) is 0 Å². The molecule has 2 rings (SSSR count). The maximum absolute atomic E-state index is 5.97. The molecule has 0 atom stereocenters. The Balaban J connectivity index is 2.21. The number of benzene rings is 1. The smallest absolute Gasteiger partial charge is 0.249 e. The Kier molecular flexibility index (Phi) is 4.81. The van der Waals surface area contributed by atoms with Gasteiger partial charge < -0.3 is 19.9 Å². The van der Waals surface area contributed by atoms with E-state index < -0.39 is 0 Å². The number of rotatable bonds is 6. The fourth-order valence-electron chi connectivity index (χ4n) is 1.67. The normalized spacial score (nSPS) is 10.5. The van der Waals surface area contributed by atoms with E-state index in [2.05, 4.69) is 9.97 Å². The lowest BCUT2D eigenvalue weighted by Crippen LogP contribution is -2.10. The summed E-state index contributed by atoms with van der Waals surface area (Å²) in [6.45, 7) is 6.30. The zero-order valence-electron chi connectivity index (χ0n) is 12.4. The van der Waals surface area contributed by atoms with Crippen molar-refractivity contribution < 1.29 is 14.2 Å². The Morgan fingerprint density at radius 1 is 1.14 bits per heavy atom. The third-order valence-corrected chi connectivity index (χ3v) is 2.49. The van der Waals surface area contributed by atoms with Gasteiger partial charge in [0.2, 0.25) is 11.8 Å². The molecule has 0 aliphatic heterocycles. The highest BCUT2D eigenvalue weighted by Crippen LogP contribution is 2.32. The van der Waals surface area contributed by atoms with Crippen LogP contribution >= 0.6 is 0 Å². The van der Waals surface area contributed by atoms with E-state index in [4.69, 9.17) is 19.9 Å². The van der Waals surface area contributed by atoms with E-state index in [1.807, 2.05) is 32.9 Å². The van der Waals surface area contributed by atoms with Gasteiger partial charge in [0, 0.05) is 6.07 Å². The van der Waals surface area contributed by atoms with Crippen molar-refractivity contribution in [3.05, 3.63) is 30.6 Å². The summed E-state index contributed by atoms with van der Waals surface area (Å²) in [6, 6.07) is 7.26. The molecule has 21 heavy (non-hydrogen) atoms. The van der Waals surface area contributed by atoms with Crippen molar-refractivity contribution in [2.45, 2.75) is 26.9 Å². The van der Waals surface area contributed by atoms with Crippen molar-refractivity contribution in [3.8, 4) is 23.3 Å². The number of hydrogen-bond donors (Lipinski definition) is 1. The van der Waals surface area contributed by atoms with Gasteiger partial charge in [0.25, 0.3) is 0 Å². The summed E-state index contributed by atoms with van der Waals surface area (Å²) in [5, 5.41) is 0. The summed E-state index contributed by atoms with van der Waals surface area (Å²) in [5.41, 5.74) is 6.24. The zero-order chi connectivity index (χ0) is 15.2. The number of anilines is 1. The van der Waals surface area contributed by atoms with Crippen molar-refractivity contribution in [3.63, 3.8) is 0 Å². The average Bonchev–Trinajstić information content (AvgIpc) is 2.44. The molecule has 1 aromatic carbocycles. The number of nitrogen functional groups attached to an aromatic ring is 1. The lowest BCUT2D eigenvalue weighted by atomic mass is 10.3. The molecule has 0 aliphatic rings. The molecule has 6 nitrogen and oxygen atoms in total. The van der Waals surface area contributed by atoms with Gasteiger partial charge >= 0.3 is 0 Å². The summed E-state index contributed by atoms with van der Waals surface area (Å²) in [6.07, 6.45) is 1.33. The molecule has 0 radical (unpaired) electrons. The summed E-state index contributed by atoms with van der Waals surface area (Å²) in [4.78, 5) is 8.04. The van der Waals surface area contributed by atoms with Crippen LogP contribution < -0.4 is 19.9 Å². The van der Waals surface area contributed by atoms with Crippen molar-refractivity contribution in [2.75, 3.05) is 12.3 Å². The van der Waals surface area contributed by atoms with Crippen LogP contribution in [0.1, 0.15) is 20.8 Å². The Labute approximate surface area is 123 Å². The molecule has 6 heteroatoms. The van der Waals surface area contributed by atoms with Gasteiger partial charge in [-0.25, -0.2) is 0 Å². The summed E-state index contributed by atoms with van der Waals surface area (Å²) < 4.78 is 16.6. The lowest BCUT2D eigenvalue weighted by molar-refractivity contribution is 0.232. The Morgan fingerprint density at radius 3 is 2.57 bits per heavy atom. The van der Waals surface area contributed by atoms with Gasteiger partial charge in [-0.1, -0.05) is 6.07 Å². The highest BCUT2D eigenvalue weighted by molar-refractivity contribution is 5.57. The molecule has 112 valence electrons. The number of hydrogen-bond acceptors (Lipinski definition) is 6. The largest absolute Gasteiger partial charge is 0.494 e. The number of nitrogens with zero attached hydrogens (tertiary/aromatic N) is 2. The lowest BCUT2D eigenvalue weighted by Gasteiger charge is -2.13. The number of aromatic nitrogens is 2. The van der Waals surface area contributed by atoms with Crippen LogP contribution in [0.2, 0.25) is 0 Å². The fourth-order valence-corrected chi connectivity index (χ4v) is 1.67. The first-order valence-corrected chi connectivity index (χ1v) is 6.78. The predicted molar refractivity (Wildman–Crippen MR) is 79.9 cm³/mol. The highest BCUT2D eigenvalue weighted by atomic mass is 16.5. The van der Waals surface area contributed by atoms with Crippen LogP contribution in [0.4, 0.5) is 5.69 Å². The molecule has 1 aromatic heterocycles. The predicted octanol–water partition coefficient (Wildman–Crippen LogP) is 3.04. The number of nitrogens with two attached hydrogens (primary N) is 1. The molecule has 2 aromatic rings. The fraction of sp³-hybridized carbons (Fsp3) is 0.333. The van der Waals surface area contributed by atoms with Gasteiger partial charge in [0.05, 0.1) is 12.7 Å². The minimum atomic E-state index is -0.0312. The van der Waals surface area contributed by atoms with Crippen LogP contribution in [0.3, 0.4) is 0 Å². The SMILES string of the molecule is CCOc1cccc(Oc2ncnc(OC(C)C)c2N)c1. The van der Waals surface area contributed by atoms with Gasteiger partial charge in [-0.3, -0.25) is 0 Å². The minimum absolute atomic E-state index is 0.0312. The first-order valence-electron chi connectivity index (χ1n) is 6.78. The second kappa shape index (κ2) is 6.78. The number of ether oxygens (including phenoxy) is 3. The van der Waals surface area contributed by atoms with Gasteiger partial charge in [0.1, 0.15) is 17.8 Å². The summed E-state index contributed by atoms with van der Waals surface area (Å²) in [5.74, 6) is 1.88. The monoisotopic (exact) mass is 289 g/mol. The molecule has 2 N–H and O–H groups in total. The molecule has 0 amide bonds. The minimum Gasteiger partial charge on any atom is -0.494 e. The molecule has 0 fully saturated rings. The van der Waals surface area contributed by atoms with Crippen LogP contribution in [0.5, 0.6) is 23.3 Å². The van der Waals surface area contributed by atoms with Crippen molar-refractivity contribution in [2.24, 2.45) is 0 Å². The van der Waals surface area contributed by atoms with Crippen LogP contribution in [-0.4, -0.2) is 22.7 Å². The van der Waals surface area contributed by atoms with E-state index >= 15 is 0 Å². The first-order chi connectivity index (χ1) is 10.1. The van der Waals surface area contributed by atoms with Gasteiger partial charge in [0.15, 0.2) is 5.69 Å². The van der Waals surface area contributed by atoms with E-state index in [1.165, 1.54) is 6.33 Å². The van der Waals surface area contributed by atoms with Gasteiger partial charge in [-0.05, 0) is 32.9 Å². The molecule has 0 bridgehead atoms. The summed E-state index contributed by atoms with van der Waals surface area (Å²) in [7, 11) is 0. The van der Waals surface area contributed by atoms with Crippen molar-refractivity contribution in [1.82, 2.24) is 9.97 Å². The van der Waals surface area contributed by atoms with E-state index in [1.54, 1.807) is 12.1 Å². The topological polar surface area (TPSA) is 79.5 Å². The standard InChI is InChI=1S/C15H19N3O3/c1-4-19-11-6-5-7-12(8-11)21-15-13(16)14(17-9-18-15)20-10(2)3/h5-10H,4,16H2,1-3H3. The average molecular weight is 289 g/mol. The molecule has 1 heterocycles. The molecule has 0 aliphatic carbocycles. The molecule has 0 saturated carbocycles. The maximum atomic E-state index is 5.97. The third kappa shape index (κ3) is 3.98. The first kappa shape index (κ1) is 14.9. The Hall–Kier alpha value is -2.50. The molecular formula is C15H19N3O3. The van der Waals surface area contributed by atoms with E-state index in [0.717, 1.165) is 5.75 Å². The van der Waals surface area contributed by atoms with Gasteiger partial charge in [-0.15, -0.1) is 0 Å². The Bertz CT molecular complexity index is 602. The maximum Gasteiger partial charge on any atom is 0.249 e. The van der Waals surface area contributed by atoms with Crippen LogP contribution in [-0.2, 0) is 0 Å². The summed E-state index contributed by atoms with van der Waals surface area (Å²) >= 11 is 0. The second-order valence-electron chi connectivity index (χ2n) is 4.57. The van der Waals surface area contributed by atoms with Crippen molar-refractivity contribution in [1.29, 1.82) is 0 Å². The van der Waals surface area contributed by atoms with Crippen LogP contribution in [0, 0.1) is 0 Å². The molecule has 0 spiro atoms. The third-order valence-electron chi connectivity index (χ3n) is 2.49. The zero-order valence-corrected chi connectivity index (χ0v) is 12.4. The highest BCUT2D eigenvalue weighted by Gasteiger charge is 2.13.